The van der Waals surface area contributed by atoms with Gasteiger partial charge in [0.05, 0.1) is 37.1 Å². The van der Waals surface area contributed by atoms with Crippen LogP contribution in [-0.2, 0) is 25.9 Å². The second-order valence-corrected chi connectivity index (χ2v) is 24.6. The summed E-state index contributed by atoms with van der Waals surface area (Å²) >= 11 is 1.71. The van der Waals surface area contributed by atoms with Crippen molar-refractivity contribution in [3.05, 3.63) is 403 Å². The quantitative estimate of drug-likeness (QED) is 0.104. The summed E-state index contributed by atoms with van der Waals surface area (Å²) in [5.41, 5.74) is 7.29. The van der Waals surface area contributed by atoms with E-state index in [4.69, 9.17) is 37.6 Å². The summed E-state index contributed by atoms with van der Waals surface area (Å²) < 4.78 is 41.4. The molecule has 0 saturated carbocycles. The summed E-state index contributed by atoms with van der Waals surface area (Å²) in [4.78, 5) is 54.2. The van der Waals surface area contributed by atoms with E-state index < -0.39 is 6.09 Å². The van der Waals surface area contributed by atoms with Gasteiger partial charge in [-0.25, -0.2) is 4.79 Å². The highest BCUT2D eigenvalue weighted by Crippen LogP contribution is 2.31. The van der Waals surface area contributed by atoms with E-state index >= 15 is 0 Å². The number of ether oxygens (including phenoxy) is 7. The number of para-hydroxylation sites is 7. The zero-order valence-corrected chi connectivity index (χ0v) is 61.7. The minimum atomic E-state index is -0.412. The molecule has 4 N–H and O–H groups in total. The molecule has 0 aliphatic carbocycles. The van der Waals surface area contributed by atoms with E-state index in [0.29, 0.717) is 50.0 Å². The molecule has 0 fully saturated rings. The average molecular weight is 1500 g/mol. The van der Waals surface area contributed by atoms with Gasteiger partial charge in [-0.05, 0) is 154 Å². The van der Waals surface area contributed by atoms with Crippen molar-refractivity contribution in [2.75, 3.05) is 33.2 Å². The summed E-state index contributed by atoms with van der Waals surface area (Å²) in [6.45, 7) is 4.58. The number of fused-ring (bicyclic) bond motifs is 9. The number of aryl methyl sites for hydroxylation is 1. The topological polar surface area (TPSA) is 224 Å². The number of aromatic amines is 1. The number of nitrogens with zero attached hydrogens (tertiary/aromatic N) is 2. The van der Waals surface area contributed by atoms with Crippen molar-refractivity contribution in [2.45, 2.75) is 32.4 Å². The molecule has 0 unspecified atom stereocenters. The van der Waals surface area contributed by atoms with Crippen molar-refractivity contribution in [1.29, 1.82) is 0 Å². The third-order valence-corrected chi connectivity index (χ3v) is 16.7. The lowest BCUT2D eigenvalue weighted by Crippen LogP contribution is -2.31. The van der Waals surface area contributed by atoms with Crippen LogP contribution in [0.5, 0.6) is 40.2 Å². The molecule has 0 radical (unpaired) electrons. The monoisotopic (exact) mass is 1500 g/mol. The van der Waals surface area contributed by atoms with Crippen LogP contribution in [0.3, 0.4) is 0 Å². The largest absolute Gasteiger partial charge is 0.493 e. The highest BCUT2D eigenvalue weighted by atomic mass is 32.1. The predicted molar refractivity (Wildman–Crippen MR) is 435 cm³/mol. The molecular formula is C92H84N6O12S. The van der Waals surface area contributed by atoms with Gasteiger partial charge >= 0.3 is 6.09 Å². The number of rotatable bonds is 0. The first-order valence-corrected chi connectivity index (χ1v) is 36.8. The van der Waals surface area contributed by atoms with Gasteiger partial charge in [0.15, 0.2) is 28.7 Å². The summed E-state index contributed by atoms with van der Waals surface area (Å²) in [6.07, 6.45) is 13.6. The van der Waals surface area contributed by atoms with Crippen molar-refractivity contribution in [3.63, 3.8) is 0 Å². The average Bonchev–Trinajstić information content (AvgIpc) is 1.71. The number of aromatic nitrogens is 3. The lowest BCUT2D eigenvalue weighted by molar-refractivity contribution is 0.0877. The normalized spacial score (nSPS) is 12.6. The van der Waals surface area contributed by atoms with Crippen LogP contribution in [-0.4, -0.2) is 72.0 Å². The number of carbonyl (C=O) groups is 4. The maximum absolute atomic E-state index is 11.0. The minimum Gasteiger partial charge on any atom is -0.493 e. The molecule has 18 nitrogen and oxygen atoms in total. The van der Waals surface area contributed by atoms with Crippen LogP contribution in [0.25, 0.3) is 21.7 Å². The molecule has 15 aromatic rings. The van der Waals surface area contributed by atoms with Gasteiger partial charge in [0.25, 0.3) is 17.7 Å². The highest BCUT2D eigenvalue weighted by molar-refractivity contribution is 7.07. The zero-order valence-electron chi connectivity index (χ0n) is 60.9. The SMILES string of the molecule is O=C1NC(=O)c2ccccc21.O=C1NCc2ccccc21.O=C1NCc2ncccc2O1.c1cc[nH]c1.c1ccc2c(c1)CCCO2.c1ccc2c(c1)CCO2.c1ccc2c(c1)OCCO2.c1ccc2c(c1)OCO2.c1ccc2ccccc2c1.c1ccc2occc2c1.c1ccccc1.c1ccncc1.c1ccsc1. The Labute approximate surface area is 649 Å². The fraction of sp³-hybridized carbons (Fsp3) is 0.109. The minimum absolute atomic E-state index is 0.0515. The first-order valence-electron chi connectivity index (χ1n) is 35.9. The highest BCUT2D eigenvalue weighted by Gasteiger charge is 2.25. The van der Waals surface area contributed by atoms with Crippen LogP contribution >= 0.6 is 11.3 Å². The summed E-state index contributed by atoms with van der Waals surface area (Å²) in [6, 6.07) is 102. The number of amides is 4. The molecule has 5 aromatic heterocycles. The van der Waals surface area contributed by atoms with Gasteiger partial charge in [-0.3, -0.25) is 29.7 Å². The molecular weight excluding hydrogens is 1410 g/mol. The maximum atomic E-state index is 11.0. The Morgan fingerprint density at radius 3 is 1.28 bits per heavy atom. The molecule has 111 heavy (non-hydrogen) atoms. The summed E-state index contributed by atoms with van der Waals surface area (Å²) in [5.74, 6) is 5.55. The molecule has 0 atom stereocenters. The fourth-order valence-electron chi connectivity index (χ4n) is 10.7. The standard InChI is InChI=1S/C10H8.C9H10O.C8H5NO2.C8H7NO.C8H8O2.C8H8O.C8H6O.C7H6N2O2.C7H6O2.C6H6.C5H5N.C4H5N.C4H4S/c1-2-6-10-8-4-3-7-9(10)5-1;1-2-6-9-8(4-1)5-3-7-10-9;10-7-5-3-1-2-4-6(5)8(11)9-7;10-8-7-4-2-1-3-6(7)5-9-8;1-2-4-8-7(3-1)9-5-6-10-8;2*1-2-4-8-7(3-1)5-6-9-8;10-7-9-4-5-6(11-7)2-1-3-8-5;1-2-4-7-6(3-1)8-5-9-7;2*1-2-4-6-5-3-1;2*1-2-4-5-3-1/h1-8H;1-2,4,6H,3,5,7H2;1-4H,(H,9,10,11);1-4H,5H2,(H,9,10);1-4H,5-6H2;1-4H,5-6H2;1-6H;1-3H,4H2,(H,9,10);1-4H,5H2;1-6H;1-5H;1-5H;1-4H. The smallest absolute Gasteiger partial charge is 0.412 e. The molecule has 7 aliphatic rings. The van der Waals surface area contributed by atoms with E-state index in [0.717, 1.165) is 88.3 Å². The summed E-state index contributed by atoms with van der Waals surface area (Å²) in [5, 5.41) is 15.3. The van der Waals surface area contributed by atoms with Gasteiger partial charge in [-0.2, -0.15) is 11.3 Å². The number of imide groups is 1. The maximum Gasteiger partial charge on any atom is 0.412 e. The Kier molecular flexibility index (Phi) is 33.0. The third-order valence-electron chi connectivity index (χ3n) is 16.1. The van der Waals surface area contributed by atoms with Crippen molar-refractivity contribution >= 4 is 56.9 Å². The number of benzene rings is 10. The lowest BCUT2D eigenvalue weighted by atomic mass is 10.1. The number of pyridine rings is 2. The number of thiophene rings is 1. The molecule has 0 saturated heterocycles. The van der Waals surface area contributed by atoms with Crippen molar-refractivity contribution in [2.24, 2.45) is 0 Å². The second kappa shape index (κ2) is 46.1. The summed E-state index contributed by atoms with van der Waals surface area (Å²) in [7, 11) is 0. The molecule has 0 bridgehead atoms. The first kappa shape index (κ1) is 79.5. The molecule has 22 rings (SSSR count). The Morgan fingerprint density at radius 2 is 0.793 bits per heavy atom. The Balaban J connectivity index is 0.000000129. The molecule has 19 heteroatoms. The zero-order chi connectivity index (χ0) is 76.8. The number of hydrogen-bond donors (Lipinski definition) is 4. The van der Waals surface area contributed by atoms with Crippen LogP contribution in [0.4, 0.5) is 4.79 Å². The van der Waals surface area contributed by atoms with Crippen LogP contribution in [0, 0.1) is 0 Å². The van der Waals surface area contributed by atoms with Crippen LogP contribution in [0.15, 0.2) is 368 Å². The van der Waals surface area contributed by atoms with Crippen molar-refractivity contribution in [3.8, 4) is 40.2 Å². The van der Waals surface area contributed by atoms with Crippen molar-refractivity contribution < 1.29 is 56.8 Å². The van der Waals surface area contributed by atoms with E-state index in [1.165, 1.54) is 28.3 Å². The lowest BCUT2D eigenvalue weighted by Gasteiger charge is -2.17. The van der Waals surface area contributed by atoms with Gasteiger partial charge in [-0.1, -0.05) is 212 Å². The van der Waals surface area contributed by atoms with E-state index in [2.05, 4.69) is 97.6 Å². The Bertz CT molecular complexity index is 4710. The third kappa shape index (κ3) is 27.4. The first-order chi connectivity index (χ1) is 54.8. The van der Waals surface area contributed by atoms with Gasteiger partial charge in [0, 0.05) is 54.9 Å². The Hall–Kier alpha value is -14.0. The van der Waals surface area contributed by atoms with Gasteiger partial charge < -0.3 is 53.2 Å². The number of carbonyl (C=O) groups excluding carboxylic acids is 4. The molecule has 10 aromatic carbocycles. The molecule has 7 aliphatic heterocycles. The Morgan fingerprint density at radius 1 is 0.333 bits per heavy atom. The van der Waals surface area contributed by atoms with Gasteiger partial charge in [-0.15, -0.1) is 0 Å². The molecule has 560 valence electrons. The number of hydrogen-bond acceptors (Lipinski definition) is 15. The number of furan rings is 1. The van der Waals surface area contributed by atoms with Crippen molar-refractivity contribution in [1.82, 2.24) is 30.9 Å². The van der Waals surface area contributed by atoms with E-state index in [-0.39, 0.29) is 17.7 Å². The predicted octanol–water partition coefficient (Wildman–Crippen LogP) is 19.5. The molecule has 4 amide bonds. The van der Waals surface area contributed by atoms with E-state index in [9.17, 15) is 19.2 Å². The second-order valence-electron chi connectivity index (χ2n) is 23.8. The fourth-order valence-corrected chi connectivity index (χ4v) is 11.2. The number of H-pyrrole nitrogens is 1. The number of nitrogens with one attached hydrogen (secondary N) is 4. The van der Waals surface area contributed by atoms with Gasteiger partial charge in [0.1, 0.15) is 36.0 Å². The molecule has 0 spiro atoms. The molecule has 12 heterocycles. The van der Waals surface area contributed by atoms with Gasteiger partial charge in [0.2, 0.25) is 6.79 Å². The van der Waals surface area contributed by atoms with Crippen LogP contribution < -0.4 is 49.1 Å². The van der Waals surface area contributed by atoms with Crippen LogP contribution in [0.2, 0.25) is 0 Å². The van der Waals surface area contributed by atoms with Crippen LogP contribution in [0.1, 0.15) is 59.9 Å². The van der Waals surface area contributed by atoms with E-state index in [1.54, 1.807) is 72.6 Å². The van der Waals surface area contributed by atoms with E-state index in [1.807, 2.05) is 235 Å².